The van der Waals surface area contributed by atoms with Crippen LogP contribution in [0.1, 0.15) is 29.6 Å². The van der Waals surface area contributed by atoms with Crippen molar-refractivity contribution in [1.82, 2.24) is 9.80 Å². The Kier molecular flexibility index (Phi) is 4.96. The minimum absolute atomic E-state index is 0.407. The van der Waals surface area contributed by atoms with Crippen LogP contribution in [0.4, 0.5) is 9.59 Å². The fourth-order valence-electron chi connectivity index (χ4n) is 4.22. The summed E-state index contributed by atoms with van der Waals surface area (Å²) in [5, 5.41) is 0. The van der Waals surface area contributed by atoms with Crippen LogP contribution in [0.5, 0.6) is 11.5 Å². The van der Waals surface area contributed by atoms with Gasteiger partial charge in [-0.3, -0.25) is 9.80 Å². The van der Waals surface area contributed by atoms with Crippen LogP contribution in [0, 0.1) is 0 Å². The van der Waals surface area contributed by atoms with E-state index in [-0.39, 0.29) is 0 Å². The molecule has 6 nitrogen and oxygen atoms in total. The highest BCUT2D eigenvalue weighted by molar-refractivity contribution is 9.11. The molecule has 5 rings (SSSR count). The van der Waals surface area contributed by atoms with E-state index in [0.29, 0.717) is 40.0 Å². The molecule has 0 radical (unpaired) electrons. The maximum Gasteiger partial charge on any atom is 0.415 e. The first-order valence-corrected chi connectivity index (χ1v) is 12.0. The predicted octanol–water partition coefficient (Wildman–Crippen LogP) is 6.55. The largest absolute Gasteiger partial charge is 0.415 e. The van der Waals surface area contributed by atoms with Crippen molar-refractivity contribution in [2.24, 2.45) is 0 Å². The maximum absolute atomic E-state index is 12.9. The number of rotatable bonds is 0. The Morgan fingerprint density at radius 1 is 0.724 bits per heavy atom. The number of nitrogens with zero attached hydrogens (tertiary/aromatic N) is 2. The van der Waals surface area contributed by atoms with Crippen LogP contribution in [0.2, 0.25) is 0 Å². The minimum atomic E-state index is -0.415. The van der Waals surface area contributed by atoms with Crippen molar-refractivity contribution in [3.8, 4) is 11.5 Å². The second-order valence-corrected chi connectivity index (χ2v) is 10.5. The fourth-order valence-corrected chi connectivity index (χ4v) is 6.90. The quantitative estimate of drug-likeness (QED) is 0.324. The van der Waals surface area contributed by atoms with Crippen molar-refractivity contribution in [3.63, 3.8) is 0 Å². The van der Waals surface area contributed by atoms with Crippen molar-refractivity contribution < 1.29 is 19.1 Å². The molecule has 0 saturated carbocycles. The molecule has 1 saturated heterocycles. The Bertz CT molecular complexity index is 993. The number of ether oxygens (including phenoxy) is 2. The van der Waals surface area contributed by atoms with Gasteiger partial charge >= 0.3 is 12.2 Å². The topological polar surface area (TPSA) is 59.1 Å². The second kappa shape index (κ2) is 7.25. The summed E-state index contributed by atoms with van der Waals surface area (Å²) in [4.78, 5) is 29.2. The van der Waals surface area contributed by atoms with Gasteiger partial charge in [-0.1, -0.05) is 31.9 Å². The van der Waals surface area contributed by atoms with Crippen LogP contribution in [-0.4, -0.2) is 35.1 Å². The molecular formula is C19H12Br4N2O4. The Morgan fingerprint density at radius 2 is 1.14 bits per heavy atom. The van der Waals surface area contributed by atoms with Crippen LogP contribution in [0.15, 0.2) is 42.2 Å². The molecule has 150 valence electrons. The molecule has 2 aromatic rings. The molecule has 3 aliphatic rings. The lowest BCUT2D eigenvalue weighted by molar-refractivity contribution is 0.0702. The van der Waals surface area contributed by atoms with Crippen LogP contribution in [-0.2, 0) is 0 Å². The van der Waals surface area contributed by atoms with Gasteiger partial charge in [-0.25, -0.2) is 9.59 Å². The number of carbonyl (C=O) groups excluding carboxylic acids is 2. The summed E-state index contributed by atoms with van der Waals surface area (Å²) in [5.41, 5.74) is 1.67. The summed E-state index contributed by atoms with van der Waals surface area (Å²) >= 11 is 14.1. The number of halogens is 4. The van der Waals surface area contributed by atoms with Crippen molar-refractivity contribution >= 4 is 75.9 Å². The van der Waals surface area contributed by atoms with E-state index in [9.17, 15) is 9.59 Å². The van der Waals surface area contributed by atoms with Gasteiger partial charge in [-0.15, -0.1) is 0 Å². The average molecular weight is 652 g/mol. The first-order chi connectivity index (χ1) is 13.8. The maximum atomic E-state index is 12.9. The van der Waals surface area contributed by atoms with Crippen molar-refractivity contribution in [2.45, 2.75) is 18.5 Å². The third kappa shape index (κ3) is 3.14. The molecule has 2 aromatic carbocycles. The SMILES string of the molecule is O=C1Oc2c(Br)cc(Br)cc2[C@@H]2[C@@H]3c4cc(Br)cc(Br)c4OC(=O)N3CCCN12. The van der Waals surface area contributed by atoms with Crippen LogP contribution in [0.25, 0.3) is 0 Å². The van der Waals surface area contributed by atoms with Gasteiger partial charge in [-0.05, 0) is 62.5 Å². The number of carbonyl (C=O) groups is 2. The number of fused-ring (bicyclic) bond motifs is 7. The van der Waals surface area contributed by atoms with Gasteiger partial charge in [0.2, 0.25) is 0 Å². The standard InChI is InChI=1S/C19H12Br4N2O4/c20-8-4-10-14-15-11-5-9(21)7-13(23)17(11)29-19(27)25(15)3-1-2-24(14)18(26)28-16(10)12(22)6-8/h4-7,14-15H,1-3H2/t14-,15+. The van der Waals surface area contributed by atoms with Crippen LogP contribution >= 0.6 is 63.7 Å². The third-order valence-corrected chi connectivity index (χ3v) is 7.42. The van der Waals surface area contributed by atoms with Gasteiger partial charge in [0.1, 0.15) is 0 Å². The van der Waals surface area contributed by atoms with E-state index in [2.05, 4.69) is 63.7 Å². The summed E-state index contributed by atoms with van der Waals surface area (Å²) in [6, 6.07) is 6.75. The van der Waals surface area contributed by atoms with Gasteiger partial charge in [0.15, 0.2) is 11.5 Å². The molecular weight excluding hydrogens is 640 g/mol. The number of amides is 2. The average Bonchev–Trinajstić information content (AvgIpc) is 2.85. The Morgan fingerprint density at radius 3 is 1.55 bits per heavy atom. The Hall–Kier alpha value is -1.10. The van der Waals surface area contributed by atoms with E-state index in [4.69, 9.17) is 9.47 Å². The molecule has 3 heterocycles. The smallest absolute Gasteiger partial charge is 0.409 e. The second-order valence-electron chi connectivity index (χ2n) is 6.98. The van der Waals surface area contributed by atoms with E-state index in [0.717, 1.165) is 20.1 Å². The number of hydrogen-bond acceptors (Lipinski definition) is 4. The molecule has 0 unspecified atom stereocenters. The zero-order valence-corrected chi connectivity index (χ0v) is 21.0. The summed E-state index contributed by atoms with van der Waals surface area (Å²) in [6.45, 7) is 0.968. The zero-order chi connectivity index (χ0) is 20.4. The van der Waals surface area contributed by atoms with Crippen LogP contribution in [0.3, 0.4) is 0 Å². The summed E-state index contributed by atoms with van der Waals surface area (Å²) in [7, 11) is 0. The van der Waals surface area contributed by atoms with Gasteiger partial charge in [-0.2, -0.15) is 0 Å². The molecule has 0 N–H and O–H groups in total. The Labute approximate surface area is 200 Å². The predicted molar refractivity (Wildman–Crippen MR) is 119 cm³/mol. The Balaban J connectivity index is 1.79. The van der Waals surface area contributed by atoms with Crippen molar-refractivity contribution in [2.75, 3.05) is 13.1 Å². The highest BCUT2D eigenvalue weighted by atomic mass is 79.9. The molecule has 0 bridgehead atoms. The van der Waals surface area contributed by atoms with E-state index in [1.54, 1.807) is 9.80 Å². The van der Waals surface area contributed by atoms with E-state index < -0.39 is 24.3 Å². The summed E-state index contributed by atoms with van der Waals surface area (Å²) in [5.74, 6) is 0.965. The minimum Gasteiger partial charge on any atom is -0.409 e. The molecule has 0 aliphatic carbocycles. The van der Waals surface area contributed by atoms with Crippen molar-refractivity contribution in [1.29, 1.82) is 0 Å². The summed E-state index contributed by atoms with van der Waals surface area (Å²) in [6.07, 6.45) is -0.199. The lowest BCUT2D eigenvalue weighted by Crippen LogP contribution is -2.48. The van der Waals surface area contributed by atoms with E-state index in [1.807, 2.05) is 24.3 Å². The van der Waals surface area contributed by atoms with Gasteiger partial charge in [0.25, 0.3) is 0 Å². The molecule has 2 amide bonds. The highest BCUT2D eigenvalue weighted by Gasteiger charge is 2.49. The lowest BCUT2D eigenvalue weighted by atomic mass is 9.89. The normalized spacial score (nSPS) is 22.6. The van der Waals surface area contributed by atoms with Crippen molar-refractivity contribution in [3.05, 3.63) is 53.3 Å². The molecule has 0 spiro atoms. The monoisotopic (exact) mass is 648 g/mol. The first-order valence-electron chi connectivity index (χ1n) is 8.80. The molecule has 2 atom stereocenters. The third-order valence-electron chi connectivity index (χ3n) is 5.33. The van der Waals surface area contributed by atoms with E-state index in [1.165, 1.54) is 0 Å². The first kappa shape index (κ1) is 19.8. The lowest BCUT2D eigenvalue weighted by Gasteiger charge is -2.44. The molecule has 3 aliphatic heterocycles. The van der Waals surface area contributed by atoms with E-state index >= 15 is 0 Å². The molecule has 10 heteroatoms. The van der Waals surface area contributed by atoms with Crippen LogP contribution < -0.4 is 9.47 Å². The highest BCUT2D eigenvalue weighted by Crippen LogP contribution is 2.53. The molecule has 1 fully saturated rings. The van der Waals surface area contributed by atoms with Gasteiger partial charge < -0.3 is 9.47 Å². The molecule has 29 heavy (non-hydrogen) atoms. The summed E-state index contributed by atoms with van der Waals surface area (Å²) < 4.78 is 14.4. The fraction of sp³-hybridized carbons (Fsp3) is 0.263. The van der Waals surface area contributed by atoms with Gasteiger partial charge in [0, 0.05) is 33.2 Å². The number of hydrogen-bond donors (Lipinski definition) is 0. The zero-order valence-electron chi connectivity index (χ0n) is 14.6. The molecule has 0 aromatic heterocycles. The van der Waals surface area contributed by atoms with Gasteiger partial charge in [0.05, 0.1) is 21.0 Å². The number of benzene rings is 2.